The van der Waals surface area contributed by atoms with Crippen LogP contribution in [0.2, 0.25) is 0 Å². The molecule has 0 aliphatic carbocycles. The summed E-state index contributed by atoms with van der Waals surface area (Å²) >= 11 is 0. The van der Waals surface area contributed by atoms with E-state index < -0.39 is 15.1 Å². The van der Waals surface area contributed by atoms with E-state index in [2.05, 4.69) is 6.07 Å². The Hall–Kier alpha value is -1.34. The molecule has 0 heterocycles. The Balaban J connectivity index is 3.04. The maximum Gasteiger partial charge on any atom is 0.180 e. The summed E-state index contributed by atoms with van der Waals surface area (Å²) in [4.78, 5) is 0.374. The van der Waals surface area contributed by atoms with Gasteiger partial charge in [0.05, 0.1) is 16.2 Å². The lowest BCUT2D eigenvalue weighted by Gasteiger charge is -2.13. The fourth-order valence-corrected chi connectivity index (χ4v) is 2.83. The molecule has 0 radical (unpaired) electrons. The Morgan fingerprint density at radius 2 is 1.94 bits per heavy atom. The standard InChI is InChI=1S/C14H19NO2S/c1-11(2)18(16,17)14-8-4-7-13(10-14)12(3)6-5-9-15/h4,7-8,10-12H,5-6H2,1-3H3. The summed E-state index contributed by atoms with van der Waals surface area (Å²) in [6.07, 6.45) is 1.24. The van der Waals surface area contributed by atoms with Crippen LogP contribution >= 0.6 is 0 Å². The second-order valence-corrected chi connectivity index (χ2v) is 7.27. The normalized spacial score (nSPS) is 13.3. The Morgan fingerprint density at radius 3 is 2.50 bits per heavy atom. The second-order valence-electron chi connectivity index (χ2n) is 4.76. The van der Waals surface area contributed by atoms with Gasteiger partial charge in [-0.25, -0.2) is 8.42 Å². The monoisotopic (exact) mass is 265 g/mol. The van der Waals surface area contributed by atoms with Crippen LogP contribution in [-0.2, 0) is 9.84 Å². The van der Waals surface area contributed by atoms with Crippen LogP contribution in [0.3, 0.4) is 0 Å². The molecule has 0 N–H and O–H groups in total. The van der Waals surface area contributed by atoms with Crippen molar-refractivity contribution in [2.45, 2.75) is 49.7 Å². The number of sulfone groups is 1. The summed E-state index contributed by atoms with van der Waals surface area (Å²) in [6, 6.07) is 9.17. The van der Waals surface area contributed by atoms with Gasteiger partial charge in [0.25, 0.3) is 0 Å². The molecule has 1 aromatic carbocycles. The first kappa shape index (κ1) is 14.7. The van der Waals surface area contributed by atoms with Crippen molar-refractivity contribution < 1.29 is 8.42 Å². The van der Waals surface area contributed by atoms with Crippen molar-refractivity contribution in [2.75, 3.05) is 0 Å². The van der Waals surface area contributed by atoms with Crippen LogP contribution < -0.4 is 0 Å². The summed E-state index contributed by atoms with van der Waals surface area (Å²) in [7, 11) is -3.22. The molecule has 0 amide bonds. The van der Waals surface area contributed by atoms with E-state index in [1.54, 1.807) is 32.0 Å². The molecule has 0 bridgehead atoms. The zero-order valence-corrected chi connectivity index (χ0v) is 11.9. The second kappa shape index (κ2) is 6.01. The third-order valence-corrected chi connectivity index (χ3v) is 5.22. The summed E-state index contributed by atoms with van der Waals surface area (Å²) in [5, 5.41) is 8.16. The lowest BCUT2D eigenvalue weighted by molar-refractivity contribution is 0.587. The highest BCUT2D eigenvalue weighted by atomic mass is 32.2. The lowest BCUT2D eigenvalue weighted by atomic mass is 9.97. The average Bonchev–Trinajstić information content (AvgIpc) is 2.35. The smallest absolute Gasteiger partial charge is 0.180 e. The SMILES string of the molecule is CC(CCC#N)c1cccc(S(=O)(=O)C(C)C)c1. The molecule has 4 heteroatoms. The molecule has 0 saturated heterocycles. The largest absolute Gasteiger partial charge is 0.223 e. The minimum absolute atomic E-state index is 0.201. The molecule has 1 aromatic rings. The number of benzene rings is 1. The topological polar surface area (TPSA) is 57.9 Å². The van der Waals surface area contributed by atoms with Crippen molar-refractivity contribution in [1.29, 1.82) is 5.26 Å². The van der Waals surface area contributed by atoms with Crippen molar-refractivity contribution in [3.05, 3.63) is 29.8 Å². The van der Waals surface area contributed by atoms with E-state index >= 15 is 0 Å². The molecule has 1 rings (SSSR count). The molecular weight excluding hydrogens is 246 g/mol. The van der Waals surface area contributed by atoms with Gasteiger partial charge in [0, 0.05) is 6.42 Å². The van der Waals surface area contributed by atoms with Gasteiger partial charge in [-0.05, 0) is 43.9 Å². The van der Waals surface area contributed by atoms with Crippen LogP contribution in [0.25, 0.3) is 0 Å². The molecule has 0 aromatic heterocycles. The van der Waals surface area contributed by atoms with Gasteiger partial charge in [0.2, 0.25) is 0 Å². The highest BCUT2D eigenvalue weighted by Gasteiger charge is 2.19. The molecule has 0 fully saturated rings. The number of nitriles is 1. The van der Waals surface area contributed by atoms with Crippen LogP contribution in [0.1, 0.15) is 45.1 Å². The summed E-state index contributed by atoms with van der Waals surface area (Å²) < 4.78 is 24.1. The van der Waals surface area contributed by atoms with E-state index in [-0.39, 0.29) is 5.92 Å². The third kappa shape index (κ3) is 3.33. The predicted molar refractivity (Wildman–Crippen MR) is 72.0 cm³/mol. The lowest BCUT2D eigenvalue weighted by Crippen LogP contribution is -2.14. The fraction of sp³-hybridized carbons (Fsp3) is 0.500. The molecule has 3 nitrogen and oxygen atoms in total. The van der Waals surface area contributed by atoms with Gasteiger partial charge in [-0.1, -0.05) is 19.1 Å². The van der Waals surface area contributed by atoms with Crippen LogP contribution in [0.4, 0.5) is 0 Å². The third-order valence-electron chi connectivity index (χ3n) is 3.07. The van der Waals surface area contributed by atoms with Crippen LogP contribution in [0, 0.1) is 11.3 Å². The first-order valence-electron chi connectivity index (χ1n) is 6.10. The van der Waals surface area contributed by atoms with Crippen LogP contribution in [0.15, 0.2) is 29.2 Å². The number of nitrogens with zero attached hydrogens (tertiary/aromatic N) is 1. The van der Waals surface area contributed by atoms with E-state index in [0.29, 0.717) is 11.3 Å². The zero-order valence-electron chi connectivity index (χ0n) is 11.1. The molecular formula is C14H19NO2S. The first-order chi connectivity index (χ1) is 8.39. The van der Waals surface area contributed by atoms with Crippen molar-refractivity contribution in [3.63, 3.8) is 0 Å². The quantitative estimate of drug-likeness (QED) is 0.821. The minimum Gasteiger partial charge on any atom is -0.223 e. The van der Waals surface area contributed by atoms with Gasteiger partial charge >= 0.3 is 0 Å². The Morgan fingerprint density at radius 1 is 1.28 bits per heavy atom. The highest BCUT2D eigenvalue weighted by molar-refractivity contribution is 7.92. The van der Waals surface area contributed by atoms with E-state index in [4.69, 9.17) is 5.26 Å². The van der Waals surface area contributed by atoms with Crippen LogP contribution in [-0.4, -0.2) is 13.7 Å². The van der Waals surface area contributed by atoms with E-state index in [1.807, 2.05) is 13.0 Å². The number of hydrogen-bond acceptors (Lipinski definition) is 3. The van der Waals surface area contributed by atoms with Crippen molar-refractivity contribution in [3.8, 4) is 6.07 Å². The van der Waals surface area contributed by atoms with Gasteiger partial charge in [-0.15, -0.1) is 0 Å². The van der Waals surface area contributed by atoms with Crippen LogP contribution in [0.5, 0.6) is 0 Å². The van der Waals surface area contributed by atoms with Crippen molar-refractivity contribution >= 4 is 9.84 Å². The van der Waals surface area contributed by atoms with E-state index in [1.165, 1.54) is 0 Å². The summed E-state index contributed by atoms with van der Waals surface area (Å²) in [5.41, 5.74) is 0.979. The fourth-order valence-electron chi connectivity index (χ4n) is 1.72. The maximum absolute atomic E-state index is 12.1. The maximum atomic E-state index is 12.1. The Bertz CT molecular complexity index is 541. The minimum atomic E-state index is -3.22. The van der Waals surface area contributed by atoms with Gasteiger partial charge in [-0.2, -0.15) is 5.26 Å². The number of hydrogen-bond donors (Lipinski definition) is 0. The molecule has 98 valence electrons. The highest BCUT2D eigenvalue weighted by Crippen LogP contribution is 2.24. The average molecular weight is 265 g/mol. The zero-order chi connectivity index (χ0) is 13.8. The van der Waals surface area contributed by atoms with E-state index in [0.717, 1.165) is 12.0 Å². The predicted octanol–water partition coefficient (Wildman–Crippen LogP) is 3.28. The molecule has 1 unspecified atom stereocenters. The van der Waals surface area contributed by atoms with Gasteiger partial charge in [0.15, 0.2) is 9.84 Å². The molecule has 0 spiro atoms. The molecule has 0 saturated carbocycles. The molecule has 0 aliphatic heterocycles. The molecule has 18 heavy (non-hydrogen) atoms. The van der Waals surface area contributed by atoms with Crippen molar-refractivity contribution in [2.24, 2.45) is 0 Å². The van der Waals surface area contributed by atoms with Gasteiger partial charge in [-0.3, -0.25) is 0 Å². The first-order valence-corrected chi connectivity index (χ1v) is 7.65. The van der Waals surface area contributed by atoms with Gasteiger partial charge in [0.1, 0.15) is 0 Å². The molecule has 0 aliphatic rings. The summed E-state index contributed by atoms with van der Waals surface area (Å²) in [6.45, 7) is 5.38. The summed E-state index contributed by atoms with van der Waals surface area (Å²) in [5.74, 6) is 0.201. The Kier molecular flexibility index (Phi) is 4.92. The number of rotatable bonds is 5. The van der Waals surface area contributed by atoms with Gasteiger partial charge < -0.3 is 0 Å². The van der Waals surface area contributed by atoms with Crippen molar-refractivity contribution in [1.82, 2.24) is 0 Å². The van der Waals surface area contributed by atoms with E-state index in [9.17, 15) is 8.42 Å². The Labute approximate surface area is 109 Å². The molecule has 1 atom stereocenters.